The average molecular weight is 250 g/mol. The second-order valence-corrected chi connectivity index (χ2v) is 4.98. The molecule has 1 N–H and O–H groups in total. The summed E-state index contributed by atoms with van der Waals surface area (Å²) < 4.78 is 35.5. The molecule has 1 aromatic carbocycles. The van der Waals surface area contributed by atoms with Gasteiger partial charge in [0.1, 0.15) is 0 Å². The van der Waals surface area contributed by atoms with Gasteiger partial charge in [-0.2, -0.15) is 0 Å². The molecular weight excluding hydrogens is 242 g/mol. The molecule has 1 aliphatic rings. The van der Waals surface area contributed by atoms with Crippen LogP contribution < -0.4 is 0 Å². The SMILES string of the molecule is O=[PH]1O[PH](=O)OC(O)(c2ccccc2)O1. The molecule has 2 unspecified atom stereocenters. The van der Waals surface area contributed by atoms with Crippen LogP contribution in [0.2, 0.25) is 0 Å². The second kappa shape index (κ2) is 4.18. The summed E-state index contributed by atoms with van der Waals surface area (Å²) in [6.07, 6.45) is 0. The summed E-state index contributed by atoms with van der Waals surface area (Å²) in [5.74, 6) is -2.24. The zero-order chi connectivity index (χ0) is 10.9. The summed E-state index contributed by atoms with van der Waals surface area (Å²) in [6, 6.07) is 7.97. The maximum Gasteiger partial charge on any atom is 0.330 e. The molecule has 8 heteroatoms. The van der Waals surface area contributed by atoms with Crippen LogP contribution in [0.25, 0.3) is 0 Å². The van der Waals surface area contributed by atoms with Gasteiger partial charge in [-0.05, 0) is 0 Å². The Kier molecular flexibility index (Phi) is 3.07. The Labute approximate surface area is 86.7 Å². The van der Waals surface area contributed by atoms with Crippen LogP contribution in [0.1, 0.15) is 5.56 Å². The Morgan fingerprint density at radius 1 is 1.07 bits per heavy atom. The van der Waals surface area contributed by atoms with E-state index in [-0.39, 0.29) is 5.56 Å². The topological polar surface area (TPSA) is 82.1 Å². The van der Waals surface area contributed by atoms with Crippen molar-refractivity contribution in [3.63, 3.8) is 0 Å². The van der Waals surface area contributed by atoms with Gasteiger partial charge >= 0.3 is 22.5 Å². The molecule has 82 valence electrons. The van der Waals surface area contributed by atoms with E-state index >= 15 is 0 Å². The third-order valence-electron chi connectivity index (χ3n) is 1.75. The third-order valence-corrected chi connectivity index (χ3v) is 3.97. The fourth-order valence-corrected chi connectivity index (χ4v) is 2.85. The van der Waals surface area contributed by atoms with Crippen molar-refractivity contribution in [3.8, 4) is 0 Å². The molecule has 1 fully saturated rings. The lowest BCUT2D eigenvalue weighted by atomic mass is 10.2. The molecule has 0 saturated carbocycles. The van der Waals surface area contributed by atoms with Crippen molar-refractivity contribution in [2.45, 2.75) is 5.97 Å². The monoisotopic (exact) mass is 250 g/mol. The van der Waals surface area contributed by atoms with Crippen molar-refractivity contribution in [2.75, 3.05) is 0 Å². The predicted octanol–water partition coefficient (Wildman–Crippen LogP) is 1.63. The number of hydrogen-bond donors (Lipinski definition) is 1. The summed E-state index contributed by atoms with van der Waals surface area (Å²) in [5, 5.41) is 9.81. The van der Waals surface area contributed by atoms with E-state index in [2.05, 4.69) is 13.4 Å². The van der Waals surface area contributed by atoms with Gasteiger partial charge in [-0.3, -0.25) is 9.13 Å². The van der Waals surface area contributed by atoms with E-state index in [1.54, 1.807) is 18.2 Å². The van der Waals surface area contributed by atoms with Crippen molar-refractivity contribution < 1.29 is 27.6 Å². The van der Waals surface area contributed by atoms with Gasteiger partial charge in [-0.25, -0.2) is 13.4 Å². The molecule has 6 nitrogen and oxygen atoms in total. The molecule has 0 aromatic heterocycles. The van der Waals surface area contributed by atoms with Crippen LogP contribution in [0, 0.1) is 0 Å². The number of benzene rings is 1. The normalized spacial score (nSPS) is 36.3. The van der Waals surface area contributed by atoms with E-state index in [0.717, 1.165) is 0 Å². The average Bonchev–Trinajstić information content (AvgIpc) is 2.17. The minimum absolute atomic E-state index is 0.213. The highest BCUT2D eigenvalue weighted by molar-refractivity contribution is 7.48. The largest absolute Gasteiger partial charge is 0.339 e. The van der Waals surface area contributed by atoms with Crippen molar-refractivity contribution in [3.05, 3.63) is 35.9 Å². The molecule has 1 heterocycles. The Hall–Kier alpha value is -0.480. The minimum atomic E-state index is -2.99. The van der Waals surface area contributed by atoms with Crippen LogP contribution >= 0.6 is 16.5 Å². The first-order valence-corrected chi connectivity index (χ1v) is 6.47. The van der Waals surface area contributed by atoms with E-state index in [1.807, 2.05) is 0 Å². The maximum absolute atomic E-state index is 11.0. The number of rotatable bonds is 1. The van der Waals surface area contributed by atoms with E-state index in [9.17, 15) is 14.2 Å². The summed E-state index contributed by atoms with van der Waals surface area (Å²) in [6.45, 7) is 0. The van der Waals surface area contributed by atoms with Crippen molar-refractivity contribution in [1.82, 2.24) is 0 Å². The standard InChI is InChI=1S/C7H8O6P2/c8-7(6-4-2-1-3-5-6)11-14(9)13-15(10)12-7/h1-5,8,14-15H. The molecule has 15 heavy (non-hydrogen) atoms. The Balaban J connectivity index is 2.34. The van der Waals surface area contributed by atoms with E-state index in [4.69, 9.17) is 0 Å². The van der Waals surface area contributed by atoms with Gasteiger partial charge in [0.05, 0.1) is 0 Å². The number of hydrogen-bond acceptors (Lipinski definition) is 6. The fraction of sp³-hybridized carbons (Fsp3) is 0.143. The van der Waals surface area contributed by atoms with Crippen molar-refractivity contribution in [2.24, 2.45) is 0 Å². The zero-order valence-corrected chi connectivity index (χ0v) is 9.38. The quantitative estimate of drug-likeness (QED) is 0.763. The molecule has 2 rings (SSSR count). The molecule has 0 spiro atoms. The van der Waals surface area contributed by atoms with E-state index in [1.165, 1.54) is 12.1 Å². The predicted molar refractivity (Wildman–Crippen MR) is 51.6 cm³/mol. The van der Waals surface area contributed by atoms with E-state index in [0.29, 0.717) is 0 Å². The smallest absolute Gasteiger partial charge is 0.330 e. The van der Waals surface area contributed by atoms with Gasteiger partial charge in [-0.1, -0.05) is 30.3 Å². The lowest BCUT2D eigenvalue weighted by molar-refractivity contribution is -0.292. The molecule has 0 aliphatic carbocycles. The summed E-state index contributed by atoms with van der Waals surface area (Å²) >= 11 is 0. The van der Waals surface area contributed by atoms with Crippen LogP contribution in [-0.2, 0) is 28.5 Å². The molecule has 0 radical (unpaired) electrons. The lowest BCUT2D eigenvalue weighted by Gasteiger charge is -2.30. The van der Waals surface area contributed by atoms with Gasteiger partial charge in [0, 0.05) is 5.56 Å². The van der Waals surface area contributed by atoms with E-state index < -0.39 is 22.5 Å². The van der Waals surface area contributed by atoms with Crippen LogP contribution in [0.15, 0.2) is 30.3 Å². The Morgan fingerprint density at radius 3 is 2.13 bits per heavy atom. The Morgan fingerprint density at radius 2 is 1.60 bits per heavy atom. The van der Waals surface area contributed by atoms with Gasteiger partial charge in [0.15, 0.2) is 0 Å². The molecular formula is C7H8O6P2. The van der Waals surface area contributed by atoms with Gasteiger partial charge in [-0.15, -0.1) is 0 Å². The minimum Gasteiger partial charge on any atom is -0.339 e. The summed E-state index contributed by atoms with van der Waals surface area (Å²) in [5.41, 5.74) is 0.213. The van der Waals surface area contributed by atoms with Crippen molar-refractivity contribution in [1.29, 1.82) is 0 Å². The van der Waals surface area contributed by atoms with Gasteiger partial charge < -0.3 is 5.11 Å². The fourth-order valence-electron chi connectivity index (χ4n) is 1.12. The van der Waals surface area contributed by atoms with Gasteiger partial charge in [0.2, 0.25) is 0 Å². The Bertz CT molecular complexity index is 389. The summed E-state index contributed by atoms with van der Waals surface area (Å²) in [7, 11) is -5.97. The maximum atomic E-state index is 11.0. The van der Waals surface area contributed by atoms with Crippen LogP contribution in [0.5, 0.6) is 0 Å². The highest BCUT2D eigenvalue weighted by Crippen LogP contribution is 2.53. The molecule has 1 aromatic rings. The molecule has 0 amide bonds. The molecule has 0 bridgehead atoms. The van der Waals surface area contributed by atoms with Crippen LogP contribution in [0.4, 0.5) is 0 Å². The van der Waals surface area contributed by atoms with Crippen molar-refractivity contribution >= 4 is 16.5 Å². The summed E-state index contributed by atoms with van der Waals surface area (Å²) in [4.78, 5) is 0. The molecule has 1 saturated heterocycles. The third kappa shape index (κ3) is 2.37. The van der Waals surface area contributed by atoms with Crippen LogP contribution in [0.3, 0.4) is 0 Å². The van der Waals surface area contributed by atoms with Crippen LogP contribution in [-0.4, -0.2) is 5.11 Å². The highest BCUT2D eigenvalue weighted by Gasteiger charge is 2.41. The first kappa shape index (κ1) is 11.0. The van der Waals surface area contributed by atoms with Gasteiger partial charge in [0.25, 0.3) is 0 Å². The first-order chi connectivity index (χ1) is 7.10. The second-order valence-electron chi connectivity index (χ2n) is 2.75. The highest BCUT2D eigenvalue weighted by atomic mass is 31.2. The zero-order valence-electron chi connectivity index (χ0n) is 7.38. The molecule has 1 aliphatic heterocycles. The number of aliphatic hydroxyl groups is 1. The molecule has 2 atom stereocenters. The first-order valence-electron chi connectivity index (χ1n) is 4.02. The lowest BCUT2D eigenvalue weighted by Crippen LogP contribution is -2.30.